The molecule has 0 saturated heterocycles. The Bertz CT molecular complexity index is 594. The summed E-state index contributed by atoms with van der Waals surface area (Å²) in [5.41, 5.74) is 0. The molecule has 0 aliphatic rings. The molecule has 0 radical (unpaired) electrons. The third-order valence-electron chi connectivity index (χ3n) is 1.88. The fraction of sp³-hybridized carbons (Fsp3) is 0.333. The first-order valence-corrected chi connectivity index (χ1v) is 7.58. The molecule has 2 N–H and O–H groups in total. The molecule has 0 saturated carbocycles. The van der Waals surface area contributed by atoms with Crippen LogP contribution in [-0.4, -0.2) is 28.0 Å². The molecule has 0 atom stereocenters. The van der Waals surface area contributed by atoms with Crippen molar-refractivity contribution < 1.29 is 31.1 Å². The number of nitrogens with two attached hydrogens (primary N) is 1. The smallest absolute Gasteiger partial charge is 0.488 e. The van der Waals surface area contributed by atoms with E-state index >= 15 is 0 Å². The van der Waals surface area contributed by atoms with Crippen molar-refractivity contribution in [3.63, 3.8) is 0 Å². The SMILES string of the molecule is NS(=O)(=O)c1cc(Br)cc(Cl)c1OCCOC(F)(F)F. The second-order valence-corrected chi connectivity index (χ2v) is 6.26. The van der Waals surface area contributed by atoms with Crippen molar-refractivity contribution in [3.05, 3.63) is 21.6 Å². The zero-order valence-corrected chi connectivity index (χ0v) is 12.7. The largest absolute Gasteiger partial charge is 0.522 e. The minimum Gasteiger partial charge on any atom is -0.488 e. The average molecular weight is 399 g/mol. The third-order valence-corrected chi connectivity index (χ3v) is 3.53. The molecule has 0 aliphatic carbocycles. The first kappa shape index (κ1) is 17.5. The van der Waals surface area contributed by atoms with E-state index in [2.05, 4.69) is 20.7 Å². The Morgan fingerprint density at radius 2 is 1.90 bits per heavy atom. The topological polar surface area (TPSA) is 78.6 Å². The number of sulfonamides is 1. The summed E-state index contributed by atoms with van der Waals surface area (Å²) < 4.78 is 66.7. The van der Waals surface area contributed by atoms with Crippen LogP contribution in [0.25, 0.3) is 0 Å². The molecule has 0 unspecified atom stereocenters. The second-order valence-electron chi connectivity index (χ2n) is 3.40. The zero-order chi connectivity index (χ0) is 15.6. The first-order valence-electron chi connectivity index (χ1n) is 4.86. The molecule has 0 spiro atoms. The van der Waals surface area contributed by atoms with Gasteiger partial charge in [0.25, 0.3) is 0 Å². The van der Waals surface area contributed by atoms with Gasteiger partial charge in [0, 0.05) is 4.47 Å². The molecular formula is C9H8BrClF3NO4S. The number of benzene rings is 1. The summed E-state index contributed by atoms with van der Waals surface area (Å²) in [5.74, 6) is -0.330. The van der Waals surface area contributed by atoms with Crippen molar-refractivity contribution in [1.82, 2.24) is 0 Å². The standard InChI is InChI=1S/C9H8BrClF3NO4S/c10-5-3-6(11)8(7(4-5)20(15,16)17)18-1-2-19-9(12,13)14/h3-4H,1-2H2,(H2,15,16,17). The molecular weight excluding hydrogens is 391 g/mol. The van der Waals surface area contributed by atoms with E-state index in [0.717, 1.165) is 6.07 Å². The third kappa shape index (κ3) is 5.44. The number of halogens is 5. The molecule has 1 aromatic carbocycles. The lowest BCUT2D eigenvalue weighted by Crippen LogP contribution is -2.19. The van der Waals surface area contributed by atoms with E-state index in [1.165, 1.54) is 6.07 Å². The Morgan fingerprint density at radius 1 is 1.30 bits per heavy atom. The summed E-state index contributed by atoms with van der Waals surface area (Å²) >= 11 is 8.79. The fourth-order valence-corrected chi connectivity index (χ4v) is 2.98. The highest BCUT2D eigenvalue weighted by Crippen LogP contribution is 2.35. The van der Waals surface area contributed by atoms with Crippen LogP contribution >= 0.6 is 27.5 Å². The highest BCUT2D eigenvalue weighted by atomic mass is 79.9. The Kier molecular flexibility index (Phi) is 5.67. The summed E-state index contributed by atoms with van der Waals surface area (Å²) in [7, 11) is -4.15. The van der Waals surface area contributed by atoms with Gasteiger partial charge < -0.3 is 4.74 Å². The summed E-state index contributed by atoms with van der Waals surface area (Å²) in [6.07, 6.45) is -4.80. The van der Waals surface area contributed by atoms with Gasteiger partial charge in [0.05, 0.1) is 11.6 Å². The Labute approximate surface area is 126 Å². The Balaban J connectivity index is 2.90. The van der Waals surface area contributed by atoms with Crippen molar-refractivity contribution in [2.24, 2.45) is 5.14 Å². The van der Waals surface area contributed by atoms with Gasteiger partial charge in [-0.3, -0.25) is 4.74 Å². The zero-order valence-electron chi connectivity index (χ0n) is 9.58. The van der Waals surface area contributed by atoms with E-state index in [0.29, 0.717) is 4.47 Å². The summed E-state index contributed by atoms with van der Waals surface area (Å²) in [4.78, 5) is -0.441. The van der Waals surface area contributed by atoms with Crippen molar-refractivity contribution in [1.29, 1.82) is 0 Å². The van der Waals surface area contributed by atoms with Crippen LogP contribution in [0.4, 0.5) is 13.2 Å². The van der Waals surface area contributed by atoms with Crippen LogP contribution in [0.3, 0.4) is 0 Å². The molecule has 5 nitrogen and oxygen atoms in total. The number of hydrogen-bond acceptors (Lipinski definition) is 4. The average Bonchev–Trinajstić information content (AvgIpc) is 2.23. The summed E-state index contributed by atoms with van der Waals surface area (Å²) in [6, 6.07) is 2.44. The molecule has 20 heavy (non-hydrogen) atoms. The van der Waals surface area contributed by atoms with Gasteiger partial charge in [-0.05, 0) is 12.1 Å². The monoisotopic (exact) mass is 397 g/mol. The lowest BCUT2D eigenvalue weighted by molar-refractivity contribution is -0.325. The molecule has 0 aromatic heterocycles. The van der Waals surface area contributed by atoms with Crippen LogP contribution in [0.15, 0.2) is 21.5 Å². The molecule has 0 bridgehead atoms. The molecule has 0 aliphatic heterocycles. The second kappa shape index (κ2) is 6.48. The molecule has 0 amide bonds. The van der Waals surface area contributed by atoms with Crippen molar-refractivity contribution in [2.75, 3.05) is 13.2 Å². The van der Waals surface area contributed by atoms with E-state index in [4.69, 9.17) is 21.5 Å². The van der Waals surface area contributed by atoms with E-state index in [1.807, 2.05) is 0 Å². The maximum atomic E-state index is 11.8. The van der Waals surface area contributed by atoms with Crippen LogP contribution < -0.4 is 9.88 Å². The highest BCUT2D eigenvalue weighted by Gasteiger charge is 2.29. The van der Waals surface area contributed by atoms with Gasteiger partial charge in [-0.25, -0.2) is 13.6 Å². The van der Waals surface area contributed by atoms with Gasteiger partial charge in [0.1, 0.15) is 11.5 Å². The van der Waals surface area contributed by atoms with Gasteiger partial charge in [0.2, 0.25) is 10.0 Å². The van der Waals surface area contributed by atoms with Gasteiger partial charge in [-0.1, -0.05) is 27.5 Å². The minimum absolute atomic E-state index is 0.115. The van der Waals surface area contributed by atoms with Gasteiger partial charge >= 0.3 is 6.36 Å². The van der Waals surface area contributed by atoms with Gasteiger partial charge in [-0.2, -0.15) is 0 Å². The van der Waals surface area contributed by atoms with E-state index in [1.54, 1.807) is 0 Å². The van der Waals surface area contributed by atoms with E-state index < -0.39 is 34.5 Å². The lowest BCUT2D eigenvalue weighted by Gasteiger charge is -2.13. The maximum Gasteiger partial charge on any atom is 0.522 e. The van der Waals surface area contributed by atoms with Gasteiger partial charge in [-0.15, -0.1) is 13.2 Å². The number of primary sulfonamides is 1. The van der Waals surface area contributed by atoms with E-state index in [-0.39, 0.29) is 10.8 Å². The predicted molar refractivity (Wildman–Crippen MR) is 68.0 cm³/mol. The number of rotatable bonds is 5. The quantitative estimate of drug-likeness (QED) is 0.774. The maximum absolute atomic E-state index is 11.8. The molecule has 0 fully saturated rings. The van der Waals surface area contributed by atoms with Crippen molar-refractivity contribution in [3.8, 4) is 5.75 Å². The molecule has 11 heteroatoms. The van der Waals surface area contributed by atoms with Crippen LogP contribution in [0, 0.1) is 0 Å². The molecule has 114 valence electrons. The Morgan fingerprint density at radius 3 is 2.40 bits per heavy atom. The van der Waals surface area contributed by atoms with Crippen LogP contribution in [0.1, 0.15) is 0 Å². The van der Waals surface area contributed by atoms with Gasteiger partial charge in [0.15, 0.2) is 5.75 Å². The van der Waals surface area contributed by atoms with Crippen LogP contribution in [-0.2, 0) is 14.8 Å². The fourth-order valence-electron chi connectivity index (χ4n) is 1.19. The van der Waals surface area contributed by atoms with Crippen molar-refractivity contribution >= 4 is 37.6 Å². The number of ether oxygens (including phenoxy) is 2. The van der Waals surface area contributed by atoms with E-state index in [9.17, 15) is 21.6 Å². The molecule has 1 rings (SSSR count). The van der Waals surface area contributed by atoms with Crippen molar-refractivity contribution in [2.45, 2.75) is 11.3 Å². The normalized spacial score (nSPS) is 12.5. The predicted octanol–water partition coefficient (Wildman–Crippen LogP) is 2.67. The molecule has 0 heterocycles. The lowest BCUT2D eigenvalue weighted by atomic mass is 10.3. The van der Waals surface area contributed by atoms with Crippen LogP contribution in [0.5, 0.6) is 5.75 Å². The number of hydrogen-bond donors (Lipinski definition) is 1. The molecule has 1 aromatic rings. The minimum atomic E-state index is -4.80. The summed E-state index contributed by atoms with van der Waals surface area (Å²) in [6.45, 7) is -1.37. The Hall–Kier alpha value is -0.550. The first-order chi connectivity index (χ1) is 9.00. The number of alkyl halides is 3. The van der Waals surface area contributed by atoms with Crippen LogP contribution in [0.2, 0.25) is 5.02 Å². The summed E-state index contributed by atoms with van der Waals surface area (Å²) in [5, 5.41) is 4.85. The highest BCUT2D eigenvalue weighted by molar-refractivity contribution is 9.10.